The fraction of sp³-hybridized carbons (Fsp3) is 0.188. The average molecular weight is 306 g/mol. The van der Waals surface area contributed by atoms with Gasteiger partial charge in [0.1, 0.15) is 0 Å². The summed E-state index contributed by atoms with van der Waals surface area (Å²) in [4.78, 5) is 11.8. The Bertz CT molecular complexity index is 626. The van der Waals surface area contributed by atoms with Crippen molar-refractivity contribution in [2.24, 2.45) is 0 Å². The summed E-state index contributed by atoms with van der Waals surface area (Å²) < 4.78 is 10.4. The third kappa shape index (κ3) is 3.97. The third-order valence-electron chi connectivity index (χ3n) is 3.01. The van der Waals surface area contributed by atoms with E-state index in [1.807, 2.05) is 12.1 Å². The molecule has 0 saturated heterocycles. The molecule has 110 valence electrons. The van der Waals surface area contributed by atoms with Crippen molar-refractivity contribution in [3.8, 4) is 0 Å². The minimum Gasteiger partial charge on any atom is -0.465 e. The van der Waals surface area contributed by atoms with Crippen LogP contribution in [-0.4, -0.2) is 13.1 Å². The molecule has 0 amide bonds. The van der Waals surface area contributed by atoms with Gasteiger partial charge in [0.2, 0.25) is 0 Å². The number of carbonyl (C=O) groups excluding carboxylic acids is 1. The maximum absolute atomic E-state index is 11.8. The smallest absolute Gasteiger partial charge is 0.340 e. The van der Waals surface area contributed by atoms with E-state index in [-0.39, 0.29) is 6.61 Å². The number of carbonyl (C=O) groups is 1. The van der Waals surface area contributed by atoms with E-state index < -0.39 is 5.97 Å². The van der Waals surface area contributed by atoms with Crippen LogP contribution in [0, 0.1) is 0 Å². The first-order valence-corrected chi connectivity index (χ1v) is 6.77. The Morgan fingerprint density at radius 2 is 1.86 bits per heavy atom. The first kappa shape index (κ1) is 15.4. The molecule has 0 unspecified atom stereocenters. The van der Waals surface area contributed by atoms with E-state index in [1.54, 1.807) is 30.3 Å². The highest BCUT2D eigenvalue weighted by molar-refractivity contribution is 6.30. The predicted octanol–water partition coefficient (Wildman–Crippen LogP) is 3.43. The summed E-state index contributed by atoms with van der Waals surface area (Å²) >= 11 is 5.82. The number of hydrogen-bond acceptors (Lipinski definition) is 4. The van der Waals surface area contributed by atoms with Crippen molar-refractivity contribution in [3.63, 3.8) is 0 Å². The molecule has 0 radical (unpaired) electrons. The van der Waals surface area contributed by atoms with Gasteiger partial charge in [0.05, 0.1) is 25.9 Å². The summed E-state index contributed by atoms with van der Waals surface area (Å²) in [5.74, 6) is -0.460. The first-order valence-electron chi connectivity index (χ1n) is 6.39. The number of nitrogens with two attached hydrogens (primary N) is 1. The van der Waals surface area contributed by atoms with Gasteiger partial charge in [-0.1, -0.05) is 35.9 Å². The van der Waals surface area contributed by atoms with Crippen LogP contribution in [0.5, 0.6) is 0 Å². The number of rotatable bonds is 5. The molecule has 0 bridgehead atoms. The minimum atomic E-state index is -0.460. The normalized spacial score (nSPS) is 10.4. The number of benzene rings is 2. The van der Waals surface area contributed by atoms with Crippen molar-refractivity contribution in [2.45, 2.75) is 13.2 Å². The average Bonchev–Trinajstić information content (AvgIpc) is 2.49. The van der Waals surface area contributed by atoms with Gasteiger partial charge in [-0.3, -0.25) is 0 Å². The maximum atomic E-state index is 11.8. The molecule has 4 nitrogen and oxygen atoms in total. The lowest BCUT2D eigenvalue weighted by Gasteiger charge is -2.11. The molecule has 2 aromatic carbocycles. The lowest BCUT2D eigenvalue weighted by atomic mass is 10.1. The van der Waals surface area contributed by atoms with E-state index in [4.69, 9.17) is 26.8 Å². The van der Waals surface area contributed by atoms with E-state index >= 15 is 0 Å². The Labute approximate surface area is 128 Å². The zero-order valence-corrected chi connectivity index (χ0v) is 12.4. The second-order valence-electron chi connectivity index (χ2n) is 4.49. The van der Waals surface area contributed by atoms with Crippen LogP contribution in [0.25, 0.3) is 0 Å². The number of methoxy groups -OCH3 is 1. The van der Waals surface area contributed by atoms with Crippen LogP contribution in [-0.2, 0) is 22.7 Å². The molecule has 5 heteroatoms. The van der Waals surface area contributed by atoms with Gasteiger partial charge in [-0.2, -0.15) is 0 Å². The number of esters is 1. The summed E-state index contributed by atoms with van der Waals surface area (Å²) in [5.41, 5.74) is 8.27. The first-order chi connectivity index (χ1) is 10.1. The van der Waals surface area contributed by atoms with Gasteiger partial charge in [-0.15, -0.1) is 0 Å². The van der Waals surface area contributed by atoms with E-state index in [0.717, 1.165) is 5.56 Å². The second-order valence-corrected chi connectivity index (χ2v) is 4.93. The highest BCUT2D eigenvalue weighted by atomic mass is 35.5. The minimum absolute atomic E-state index is 0.276. The van der Waals surface area contributed by atoms with Crippen molar-refractivity contribution >= 4 is 23.3 Å². The number of halogens is 1. The molecule has 21 heavy (non-hydrogen) atoms. The van der Waals surface area contributed by atoms with E-state index in [0.29, 0.717) is 28.4 Å². The molecule has 0 atom stereocenters. The number of ether oxygens (including phenoxy) is 2. The van der Waals surface area contributed by atoms with Crippen LogP contribution in [0.4, 0.5) is 5.69 Å². The molecule has 0 saturated carbocycles. The molecule has 2 N–H and O–H groups in total. The molecule has 0 heterocycles. The van der Waals surface area contributed by atoms with Gasteiger partial charge in [-0.05, 0) is 29.3 Å². The number of anilines is 1. The summed E-state index contributed by atoms with van der Waals surface area (Å²) in [7, 11) is 1.33. The van der Waals surface area contributed by atoms with Crippen molar-refractivity contribution in [2.75, 3.05) is 12.8 Å². The molecule has 0 fully saturated rings. The monoisotopic (exact) mass is 305 g/mol. The molecule has 0 aliphatic rings. The van der Waals surface area contributed by atoms with E-state index in [1.165, 1.54) is 7.11 Å². The summed E-state index contributed by atoms with van der Waals surface area (Å²) in [6, 6.07) is 12.6. The zero-order chi connectivity index (χ0) is 15.2. The number of nitrogen functional groups attached to an aromatic ring is 1. The fourth-order valence-electron chi connectivity index (χ4n) is 1.95. The Hall–Kier alpha value is -2.04. The molecule has 2 rings (SSSR count). The summed E-state index contributed by atoms with van der Waals surface area (Å²) in [6.07, 6.45) is 0. The SMILES string of the molecule is COC(=O)c1c(N)cccc1COCc1ccc(Cl)cc1. The topological polar surface area (TPSA) is 61.5 Å². The zero-order valence-electron chi connectivity index (χ0n) is 11.6. The summed E-state index contributed by atoms with van der Waals surface area (Å²) in [5, 5.41) is 0.683. The standard InChI is InChI=1S/C16H16ClNO3/c1-20-16(19)15-12(3-2-4-14(15)18)10-21-9-11-5-7-13(17)8-6-11/h2-8H,9-10,18H2,1H3. The molecule has 0 aliphatic carbocycles. The molecule has 2 aromatic rings. The highest BCUT2D eigenvalue weighted by Gasteiger charge is 2.15. The second kappa shape index (κ2) is 7.11. The Morgan fingerprint density at radius 3 is 2.52 bits per heavy atom. The molecule has 0 aromatic heterocycles. The Morgan fingerprint density at radius 1 is 1.14 bits per heavy atom. The van der Waals surface area contributed by atoms with Gasteiger partial charge in [0.25, 0.3) is 0 Å². The van der Waals surface area contributed by atoms with Gasteiger partial charge >= 0.3 is 5.97 Å². The fourth-order valence-corrected chi connectivity index (χ4v) is 2.08. The van der Waals surface area contributed by atoms with Crippen molar-refractivity contribution < 1.29 is 14.3 Å². The van der Waals surface area contributed by atoms with Gasteiger partial charge in [0, 0.05) is 10.7 Å². The van der Waals surface area contributed by atoms with E-state index in [9.17, 15) is 4.79 Å². The van der Waals surface area contributed by atoms with Crippen molar-refractivity contribution in [1.29, 1.82) is 0 Å². The summed E-state index contributed by atoms with van der Waals surface area (Å²) in [6.45, 7) is 0.699. The van der Waals surface area contributed by atoms with Crippen molar-refractivity contribution in [3.05, 3.63) is 64.2 Å². The van der Waals surface area contributed by atoms with Crippen LogP contribution in [0.3, 0.4) is 0 Å². The van der Waals surface area contributed by atoms with Crippen LogP contribution in [0.15, 0.2) is 42.5 Å². The van der Waals surface area contributed by atoms with Crippen molar-refractivity contribution in [1.82, 2.24) is 0 Å². The largest absolute Gasteiger partial charge is 0.465 e. The van der Waals surface area contributed by atoms with Gasteiger partial charge in [0.15, 0.2) is 0 Å². The van der Waals surface area contributed by atoms with Crippen LogP contribution in [0.1, 0.15) is 21.5 Å². The van der Waals surface area contributed by atoms with Crippen LogP contribution >= 0.6 is 11.6 Å². The number of hydrogen-bond donors (Lipinski definition) is 1. The quantitative estimate of drug-likeness (QED) is 0.679. The highest BCUT2D eigenvalue weighted by Crippen LogP contribution is 2.20. The van der Waals surface area contributed by atoms with Crippen LogP contribution < -0.4 is 5.73 Å². The predicted molar refractivity (Wildman–Crippen MR) is 82.1 cm³/mol. The lowest BCUT2D eigenvalue weighted by molar-refractivity contribution is 0.0591. The molecular weight excluding hydrogens is 290 g/mol. The maximum Gasteiger partial charge on any atom is 0.340 e. The van der Waals surface area contributed by atoms with E-state index in [2.05, 4.69) is 0 Å². The molecule has 0 aliphatic heterocycles. The van der Waals surface area contributed by atoms with Crippen LogP contribution in [0.2, 0.25) is 5.02 Å². The Kier molecular flexibility index (Phi) is 5.20. The van der Waals surface area contributed by atoms with Gasteiger partial charge < -0.3 is 15.2 Å². The third-order valence-corrected chi connectivity index (χ3v) is 3.26. The lowest BCUT2D eigenvalue weighted by Crippen LogP contribution is -2.10. The Balaban J connectivity index is 2.05. The molecule has 0 spiro atoms. The molecular formula is C16H16ClNO3. The van der Waals surface area contributed by atoms with Gasteiger partial charge in [-0.25, -0.2) is 4.79 Å².